The molecule has 0 spiro atoms. The second-order valence-electron chi connectivity index (χ2n) is 14.7. The maximum Gasteiger partial charge on any atom is 0.303 e. The van der Waals surface area contributed by atoms with Crippen molar-refractivity contribution in [3.63, 3.8) is 0 Å². The highest BCUT2D eigenvalue weighted by Gasteiger charge is 2.65. The van der Waals surface area contributed by atoms with Gasteiger partial charge in [0.1, 0.15) is 22.8 Å². The number of nitrogens with two attached hydrogens (primary N) is 1. The van der Waals surface area contributed by atoms with E-state index in [9.17, 15) is 44.7 Å². The number of phenols is 1. The molecular weight excluding hydrogens is 668 g/mol. The second kappa shape index (κ2) is 18.7. The van der Waals surface area contributed by atoms with E-state index in [-0.39, 0.29) is 17.5 Å². The number of fused-ring (bicyclic) bond motifs is 3. The number of primary amides is 1. The number of carbonyl (C=O) groups is 4. The standard InChI is InChI=1S/C22H24N2O8.C18H34O2/c1-21(31)8-5-4-6-11(25)12(8)16(26)13-9(21)7-10-15(24(2)3)17(27)14(20(23)30)19(29)22(10,32)18(13)28;1-2-3-4-5-6-7-8-9-10-11-12-13-14-15-16-17-18(19)20/h4-6,9-10,15,25,27-28,31-32H,7H2,1-3H3,(H2,23,30);9-10H,2-8,11-17H2,1H3,(H,19,20)/b;10-9-/t9-,10-,15-,21+,22-;/m0./s1. The average Bonchev–Trinajstić information content (AvgIpc) is 3.07. The monoisotopic (exact) mass is 726 g/mol. The normalized spacial score (nSPS) is 25.5. The number of likely N-dealkylation sites (N-methyl/N-ethyl adjacent to an activating group) is 1. The first kappa shape index (κ1) is 42.4. The van der Waals surface area contributed by atoms with Crippen molar-refractivity contribution in [3.05, 3.63) is 64.1 Å². The Balaban J connectivity index is 0.000000316. The van der Waals surface area contributed by atoms with Crippen LogP contribution in [0.2, 0.25) is 0 Å². The number of phenolic OH excluding ortho intramolecular Hbond substituents is 1. The fourth-order valence-electron chi connectivity index (χ4n) is 7.86. The van der Waals surface area contributed by atoms with Crippen LogP contribution in [0.25, 0.3) is 0 Å². The summed E-state index contributed by atoms with van der Waals surface area (Å²) >= 11 is 0. The summed E-state index contributed by atoms with van der Waals surface area (Å²) in [6, 6.07) is 3.05. The number of carboxylic acids is 1. The Bertz CT molecular complexity index is 1560. The van der Waals surface area contributed by atoms with E-state index in [1.165, 1.54) is 115 Å². The van der Waals surface area contributed by atoms with Crippen molar-refractivity contribution in [3.8, 4) is 5.75 Å². The molecule has 12 nitrogen and oxygen atoms in total. The molecule has 12 heteroatoms. The first-order valence-corrected chi connectivity index (χ1v) is 18.6. The van der Waals surface area contributed by atoms with Gasteiger partial charge in [0.25, 0.3) is 5.91 Å². The molecule has 1 aromatic carbocycles. The van der Waals surface area contributed by atoms with Gasteiger partial charge in [0.05, 0.1) is 17.2 Å². The van der Waals surface area contributed by atoms with Crippen LogP contribution in [0.5, 0.6) is 5.75 Å². The van der Waals surface area contributed by atoms with Crippen LogP contribution >= 0.6 is 0 Å². The lowest BCUT2D eigenvalue weighted by atomic mass is 9.55. The van der Waals surface area contributed by atoms with Crippen LogP contribution < -0.4 is 5.73 Å². The predicted octanol–water partition coefficient (Wildman–Crippen LogP) is 5.89. The van der Waals surface area contributed by atoms with Crippen molar-refractivity contribution in [2.24, 2.45) is 17.6 Å². The van der Waals surface area contributed by atoms with E-state index in [1.54, 1.807) is 0 Å². The van der Waals surface area contributed by atoms with Gasteiger partial charge in [0.2, 0.25) is 5.78 Å². The molecule has 0 fully saturated rings. The lowest BCUT2D eigenvalue weighted by molar-refractivity contribution is -0.152. The maximum atomic E-state index is 13.3. The summed E-state index contributed by atoms with van der Waals surface area (Å²) in [5, 5.41) is 63.5. The third-order valence-electron chi connectivity index (χ3n) is 10.7. The number of aliphatic carboxylic acids is 1. The zero-order chi connectivity index (χ0) is 38.8. The Morgan fingerprint density at radius 1 is 0.904 bits per heavy atom. The molecule has 1 aromatic rings. The lowest BCUT2D eigenvalue weighted by Crippen LogP contribution is -2.65. The molecule has 0 saturated carbocycles. The van der Waals surface area contributed by atoms with Crippen LogP contribution in [0.15, 0.2) is 53.0 Å². The zero-order valence-electron chi connectivity index (χ0n) is 31.1. The number of aromatic hydroxyl groups is 1. The smallest absolute Gasteiger partial charge is 0.303 e. The van der Waals surface area contributed by atoms with Crippen molar-refractivity contribution >= 4 is 23.4 Å². The third kappa shape index (κ3) is 9.13. The number of hydrogen-bond donors (Lipinski definition) is 7. The number of amides is 1. The number of Topliss-reactive ketones (excluding diaryl/α,β-unsaturated/α-hetero) is 2. The van der Waals surface area contributed by atoms with Crippen molar-refractivity contribution in [1.29, 1.82) is 0 Å². The molecular formula is C40H58N2O10. The van der Waals surface area contributed by atoms with Crippen LogP contribution in [0.3, 0.4) is 0 Å². The predicted molar refractivity (Wildman–Crippen MR) is 197 cm³/mol. The number of benzene rings is 1. The van der Waals surface area contributed by atoms with Crippen LogP contribution in [0.1, 0.15) is 126 Å². The first-order chi connectivity index (χ1) is 24.5. The van der Waals surface area contributed by atoms with Crippen molar-refractivity contribution in [2.45, 2.75) is 127 Å². The second-order valence-corrected chi connectivity index (χ2v) is 14.7. The highest BCUT2D eigenvalue weighted by molar-refractivity contribution is 6.24. The third-order valence-corrected chi connectivity index (χ3v) is 10.7. The number of allylic oxidation sites excluding steroid dienone is 2. The molecule has 52 heavy (non-hydrogen) atoms. The van der Waals surface area contributed by atoms with Gasteiger partial charge in [-0.2, -0.15) is 0 Å². The molecule has 8 N–H and O–H groups in total. The van der Waals surface area contributed by atoms with Gasteiger partial charge in [-0.15, -0.1) is 0 Å². The number of aliphatic hydroxyl groups is 4. The summed E-state index contributed by atoms with van der Waals surface area (Å²) in [6.07, 6.45) is 21.0. The Kier molecular flexibility index (Phi) is 15.2. The van der Waals surface area contributed by atoms with Crippen molar-refractivity contribution in [2.75, 3.05) is 14.1 Å². The molecule has 0 aliphatic heterocycles. The number of nitrogens with zero attached hydrogens (tertiary/aromatic N) is 1. The fourth-order valence-corrected chi connectivity index (χ4v) is 7.86. The van der Waals surface area contributed by atoms with E-state index >= 15 is 0 Å². The summed E-state index contributed by atoms with van der Waals surface area (Å²) in [4.78, 5) is 50.2. The molecule has 288 valence electrons. The molecule has 0 bridgehead atoms. The maximum absolute atomic E-state index is 13.3. The number of carboxylic acid groups (broad SMARTS) is 1. The fraction of sp³-hybridized carbons (Fsp3) is 0.600. The van der Waals surface area contributed by atoms with E-state index in [0.29, 0.717) is 6.42 Å². The van der Waals surface area contributed by atoms with Crippen LogP contribution in [0, 0.1) is 11.8 Å². The number of hydrogen-bond acceptors (Lipinski definition) is 10. The summed E-state index contributed by atoms with van der Waals surface area (Å²) in [7, 11) is 3.06. The van der Waals surface area contributed by atoms with E-state index in [4.69, 9.17) is 10.8 Å². The Morgan fingerprint density at radius 3 is 2.00 bits per heavy atom. The van der Waals surface area contributed by atoms with Gasteiger partial charge >= 0.3 is 5.97 Å². The summed E-state index contributed by atoms with van der Waals surface area (Å²) < 4.78 is 0. The molecule has 1 amide bonds. The highest BCUT2D eigenvalue weighted by atomic mass is 16.4. The summed E-state index contributed by atoms with van der Waals surface area (Å²) in [5.74, 6) is -8.56. The van der Waals surface area contributed by atoms with Crippen LogP contribution in [-0.4, -0.2) is 84.7 Å². The van der Waals surface area contributed by atoms with Crippen molar-refractivity contribution < 1.29 is 49.8 Å². The molecule has 5 atom stereocenters. The Hall–Kier alpha value is -4.00. The Labute approximate surface area is 306 Å². The van der Waals surface area contributed by atoms with E-state index < -0.39 is 80.9 Å². The number of carbonyl (C=O) groups excluding carboxylic acids is 3. The number of unbranched alkanes of at least 4 members (excludes halogenated alkanes) is 11. The van der Waals surface area contributed by atoms with Gasteiger partial charge in [-0.3, -0.25) is 24.1 Å². The molecule has 3 aliphatic rings. The topological polar surface area (TPSA) is 219 Å². The molecule has 4 rings (SSSR count). The SMILES string of the molecule is CCCCCCCC/C=C\CCCCCCCC(=O)O.CN(C)[C@@H]1C(O)=C(C(N)=O)C(=O)[C@@]2(O)C(O)=C3C(=O)c4c(O)cccc4[C@@](C)(O)[C@H]3C[C@@H]12. The molecule has 0 saturated heterocycles. The first-order valence-electron chi connectivity index (χ1n) is 18.6. The van der Waals surface area contributed by atoms with Gasteiger partial charge in [-0.05, 0) is 71.2 Å². The molecule has 0 radical (unpaired) electrons. The van der Waals surface area contributed by atoms with E-state index in [0.717, 1.165) is 12.8 Å². The minimum Gasteiger partial charge on any atom is -0.510 e. The molecule has 3 aliphatic carbocycles. The number of rotatable bonds is 17. The van der Waals surface area contributed by atoms with Crippen molar-refractivity contribution in [1.82, 2.24) is 4.90 Å². The van der Waals surface area contributed by atoms with Gasteiger partial charge in [0, 0.05) is 23.8 Å². The van der Waals surface area contributed by atoms with Gasteiger partial charge < -0.3 is 36.4 Å². The summed E-state index contributed by atoms with van der Waals surface area (Å²) in [5.41, 5.74) is -0.654. The lowest BCUT2D eigenvalue weighted by Gasteiger charge is -2.52. The number of ketones is 2. The van der Waals surface area contributed by atoms with Crippen LogP contribution in [-0.2, 0) is 20.0 Å². The van der Waals surface area contributed by atoms with Crippen LogP contribution in [0.4, 0.5) is 0 Å². The Morgan fingerprint density at radius 2 is 1.46 bits per heavy atom. The van der Waals surface area contributed by atoms with Gasteiger partial charge in [-0.25, -0.2) is 0 Å². The minimum atomic E-state index is -2.75. The largest absolute Gasteiger partial charge is 0.510 e. The van der Waals surface area contributed by atoms with Gasteiger partial charge in [0.15, 0.2) is 11.4 Å². The minimum absolute atomic E-state index is 0.135. The summed E-state index contributed by atoms with van der Waals surface area (Å²) in [6.45, 7) is 3.66. The molecule has 0 aromatic heterocycles. The average molecular weight is 727 g/mol. The molecule has 0 heterocycles. The highest BCUT2D eigenvalue weighted by Crippen LogP contribution is 2.56. The number of aliphatic hydroxyl groups excluding tert-OH is 2. The van der Waals surface area contributed by atoms with Gasteiger partial charge in [-0.1, -0.05) is 82.6 Å². The van der Waals surface area contributed by atoms with E-state index in [1.807, 2.05) is 0 Å². The molecule has 0 unspecified atom stereocenters. The van der Waals surface area contributed by atoms with E-state index in [2.05, 4.69) is 19.1 Å². The quantitative estimate of drug-likeness (QED) is 0.0570. The zero-order valence-corrected chi connectivity index (χ0v) is 31.1.